The molecule has 0 rings (SSSR count). The van der Waals surface area contributed by atoms with Crippen LogP contribution in [0.25, 0.3) is 0 Å². The molecule has 0 aliphatic rings. The summed E-state index contributed by atoms with van der Waals surface area (Å²) in [6, 6.07) is 0. The van der Waals surface area contributed by atoms with Gasteiger partial charge in [0.25, 0.3) is 0 Å². The van der Waals surface area contributed by atoms with Crippen molar-refractivity contribution in [2.24, 2.45) is 5.73 Å². The van der Waals surface area contributed by atoms with E-state index >= 15 is 0 Å². The number of nitrogens with two attached hydrogens (primary N) is 1. The fourth-order valence-electron chi connectivity index (χ4n) is 4.53. The predicted octanol–water partition coefficient (Wildman–Crippen LogP) is 8.66. The molecular weight excluding hydrogens is 452 g/mol. The second-order valence-electron chi connectivity index (χ2n) is 10.3. The van der Waals surface area contributed by atoms with Gasteiger partial charge in [-0.3, -0.25) is 9.59 Å². The first-order valence-electron chi connectivity index (χ1n) is 15.3. The van der Waals surface area contributed by atoms with Gasteiger partial charge in [-0.1, -0.05) is 129 Å². The smallest absolute Gasteiger partial charge is 0.223 e. The SMILES string of the molecule is CCCCCCCCCCCCN(CCCCCCCCCCCC)C(=O)CCSCCC(N)=O. The predicted molar refractivity (Wildman–Crippen MR) is 156 cm³/mol. The van der Waals surface area contributed by atoms with Crippen molar-refractivity contribution < 1.29 is 9.59 Å². The van der Waals surface area contributed by atoms with Crippen LogP contribution < -0.4 is 5.73 Å². The second kappa shape index (κ2) is 27.9. The average Bonchev–Trinajstić information content (AvgIpc) is 2.84. The highest BCUT2D eigenvalue weighted by Gasteiger charge is 2.13. The maximum absolute atomic E-state index is 12.8. The van der Waals surface area contributed by atoms with Gasteiger partial charge in [-0.05, 0) is 12.8 Å². The molecule has 0 aromatic heterocycles. The summed E-state index contributed by atoms with van der Waals surface area (Å²) in [7, 11) is 0. The van der Waals surface area contributed by atoms with E-state index in [0.29, 0.717) is 18.7 Å². The summed E-state index contributed by atoms with van der Waals surface area (Å²) in [6.45, 7) is 6.37. The minimum atomic E-state index is -0.257. The van der Waals surface area contributed by atoms with Crippen LogP contribution in [-0.4, -0.2) is 41.3 Å². The number of thioether (sulfide) groups is 1. The lowest BCUT2D eigenvalue weighted by molar-refractivity contribution is -0.131. The van der Waals surface area contributed by atoms with Crippen molar-refractivity contribution in [3.8, 4) is 0 Å². The summed E-state index contributed by atoms with van der Waals surface area (Å²) in [4.78, 5) is 25.9. The monoisotopic (exact) mass is 512 g/mol. The summed E-state index contributed by atoms with van der Waals surface area (Å²) >= 11 is 1.67. The van der Waals surface area contributed by atoms with E-state index in [4.69, 9.17) is 5.73 Å². The van der Waals surface area contributed by atoms with Gasteiger partial charge in [0, 0.05) is 37.4 Å². The van der Waals surface area contributed by atoms with E-state index in [1.165, 1.54) is 116 Å². The molecule has 0 radical (unpaired) electrons. The largest absolute Gasteiger partial charge is 0.370 e. The molecule has 208 valence electrons. The summed E-state index contributed by atoms with van der Waals surface area (Å²) < 4.78 is 0. The topological polar surface area (TPSA) is 63.4 Å². The standard InChI is InChI=1S/C30H60N2O2S/c1-3-5-7-9-11-13-15-17-19-21-25-32(30(34)24-28-35-27-23-29(31)33)26-22-20-18-16-14-12-10-8-6-4-2/h3-28H2,1-2H3,(H2,31,33). The Labute approximate surface area is 223 Å². The normalized spacial score (nSPS) is 11.1. The first-order valence-corrected chi connectivity index (χ1v) is 16.4. The molecule has 0 aliphatic carbocycles. The Morgan fingerprint density at radius 2 is 0.886 bits per heavy atom. The molecule has 0 saturated carbocycles. The van der Waals surface area contributed by atoms with Crippen LogP contribution in [0.15, 0.2) is 0 Å². The minimum absolute atomic E-state index is 0.257. The molecule has 35 heavy (non-hydrogen) atoms. The van der Waals surface area contributed by atoms with Gasteiger partial charge in [0.1, 0.15) is 0 Å². The van der Waals surface area contributed by atoms with Crippen molar-refractivity contribution in [1.82, 2.24) is 4.90 Å². The second-order valence-corrected chi connectivity index (χ2v) is 11.5. The molecule has 5 heteroatoms. The highest BCUT2D eigenvalue weighted by Crippen LogP contribution is 2.14. The fraction of sp³-hybridized carbons (Fsp3) is 0.933. The zero-order valence-corrected chi connectivity index (χ0v) is 24.5. The molecule has 0 fully saturated rings. The molecule has 0 aliphatic heterocycles. The molecule has 2 N–H and O–H groups in total. The Hall–Kier alpha value is -0.710. The van der Waals surface area contributed by atoms with Gasteiger partial charge < -0.3 is 10.6 Å². The third-order valence-corrected chi connectivity index (χ3v) is 7.85. The Kier molecular flexibility index (Phi) is 27.3. The Morgan fingerprint density at radius 1 is 0.543 bits per heavy atom. The van der Waals surface area contributed by atoms with E-state index in [0.717, 1.165) is 37.4 Å². The number of rotatable bonds is 28. The van der Waals surface area contributed by atoms with Crippen molar-refractivity contribution in [3.05, 3.63) is 0 Å². The number of carbonyl (C=O) groups excluding carboxylic acids is 2. The van der Waals surface area contributed by atoms with Gasteiger partial charge in [0.05, 0.1) is 0 Å². The maximum Gasteiger partial charge on any atom is 0.223 e. The number of nitrogens with zero attached hydrogens (tertiary/aromatic N) is 1. The number of carbonyl (C=O) groups is 2. The third kappa shape index (κ3) is 26.2. The van der Waals surface area contributed by atoms with E-state index in [1.54, 1.807) is 11.8 Å². The minimum Gasteiger partial charge on any atom is -0.370 e. The molecule has 0 aromatic rings. The lowest BCUT2D eigenvalue weighted by atomic mass is 10.1. The van der Waals surface area contributed by atoms with E-state index < -0.39 is 0 Å². The van der Waals surface area contributed by atoms with Crippen LogP contribution in [0.2, 0.25) is 0 Å². The van der Waals surface area contributed by atoms with E-state index in [9.17, 15) is 9.59 Å². The third-order valence-electron chi connectivity index (χ3n) is 6.87. The molecule has 0 heterocycles. The van der Waals surface area contributed by atoms with Gasteiger partial charge in [0.2, 0.25) is 11.8 Å². The van der Waals surface area contributed by atoms with Crippen LogP contribution in [-0.2, 0) is 9.59 Å². The molecule has 0 atom stereocenters. The zero-order chi connectivity index (χ0) is 25.8. The van der Waals surface area contributed by atoms with Crippen molar-refractivity contribution in [2.45, 2.75) is 155 Å². The zero-order valence-electron chi connectivity index (χ0n) is 23.6. The first kappa shape index (κ1) is 34.3. The lowest BCUT2D eigenvalue weighted by Gasteiger charge is -2.23. The number of hydrogen-bond acceptors (Lipinski definition) is 3. The van der Waals surface area contributed by atoms with E-state index in [1.807, 2.05) is 0 Å². The van der Waals surface area contributed by atoms with Crippen LogP contribution >= 0.6 is 11.8 Å². The Morgan fingerprint density at radius 3 is 1.26 bits per heavy atom. The molecule has 0 saturated heterocycles. The van der Waals surface area contributed by atoms with Crippen molar-refractivity contribution in [3.63, 3.8) is 0 Å². The number of unbranched alkanes of at least 4 members (excludes halogenated alkanes) is 18. The number of amides is 2. The van der Waals surface area contributed by atoms with Gasteiger partial charge >= 0.3 is 0 Å². The molecule has 0 spiro atoms. The van der Waals surface area contributed by atoms with Gasteiger partial charge in [-0.2, -0.15) is 11.8 Å². The summed E-state index contributed by atoms with van der Waals surface area (Å²) in [5, 5.41) is 0. The summed E-state index contributed by atoms with van der Waals surface area (Å²) in [6.07, 6.45) is 27.5. The van der Waals surface area contributed by atoms with Crippen LogP contribution in [0.5, 0.6) is 0 Å². The molecule has 0 unspecified atom stereocenters. The van der Waals surface area contributed by atoms with Crippen molar-refractivity contribution in [2.75, 3.05) is 24.6 Å². The van der Waals surface area contributed by atoms with Crippen LogP contribution in [0.3, 0.4) is 0 Å². The van der Waals surface area contributed by atoms with Gasteiger partial charge in [-0.15, -0.1) is 0 Å². The highest BCUT2D eigenvalue weighted by atomic mass is 32.2. The first-order chi connectivity index (χ1) is 17.1. The van der Waals surface area contributed by atoms with Gasteiger partial charge in [0.15, 0.2) is 0 Å². The molecule has 2 amide bonds. The number of hydrogen-bond donors (Lipinski definition) is 1. The molecular formula is C30H60N2O2S. The Balaban J connectivity index is 4.04. The van der Waals surface area contributed by atoms with Gasteiger partial charge in [-0.25, -0.2) is 0 Å². The van der Waals surface area contributed by atoms with Crippen LogP contribution in [0, 0.1) is 0 Å². The highest BCUT2D eigenvalue weighted by molar-refractivity contribution is 7.99. The fourth-order valence-corrected chi connectivity index (χ4v) is 5.40. The van der Waals surface area contributed by atoms with Crippen molar-refractivity contribution in [1.29, 1.82) is 0 Å². The average molecular weight is 513 g/mol. The maximum atomic E-state index is 12.8. The lowest BCUT2D eigenvalue weighted by Crippen LogP contribution is -2.33. The number of primary amides is 1. The summed E-state index contributed by atoms with van der Waals surface area (Å²) in [5.74, 6) is 1.55. The van der Waals surface area contributed by atoms with Crippen LogP contribution in [0.4, 0.5) is 0 Å². The van der Waals surface area contributed by atoms with E-state index in [2.05, 4.69) is 18.7 Å². The van der Waals surface area contributed by atoms with E-state index in [-0.39, 0.29) is 5.91 Å². The van der Waals surface area contributed by atoms with Crippen LogP contribution in [0.1, 0.15) is 155 Å². The molecule has 0 bridgehead atoms. The quantitative estimate of drug-likeness (QED) is 0.107. The summed E-state index contributed by atoms with van der Waals surface area (Å²) in [5.41, 5.74) is 5.21. The molecule has 0 aromatic carbocycles. The Bertz CT molecular complexity index is 449. The van der Waals surface area contributed by atoms with Crippen molar-refractivity contribution >= 4 is 23.6 Å². The molecule has 4 nitrogen and oxygen atoms in total.